The van der Waals surface area contributed by atoms with Crippen molar-refractivity contribution in [1.29, 1.82) is 0 Å². The minimum Gasteiger partial charge on any atom is -0.256 e. The first kappa shape index (κ1) is 20.6. The molecule has 0 bridgehead atoms. The van der Waals surface area contributed by atoms with Crippen molar-refractivity contribution in [1.82, 2.24) is 4.98 Å². The maximum atomic E-state index is 4.90. The molecule has 1 heteroatoms. The molecule has 0 saturated carbocycles. The number of nitrogens with zero attached hydrogens (tertiary/aromatic N) is 1. The number of hydrogen-bond donors (Lipinski definition) is 0. The molecule has 0 aliphatic rings. The van der Waals surface area contributed by atoms with Gasteiger partial charge in [-0.25, -0.2) is 0 Å². The molecule has 0 N–H and O–H groups in total. The summed E-state index contributed by atoms with van der Waals surface area (Å²) in [6, 6.07) is 47.7. The molecule has 168 valence electrons. The van der Waals surface area contributed by atoms with Crippen molar-refractivity contribution < 1.29 is 0 Å². The van der Waals surface area contributed by atoms with Gasteiger partial charge in [0, 0.05) is 17.1 Å². The fourth-order valence-electron chi connectivity index (χ4n) is 5.42. The molecule has 1 nitrogen and oxygen atoms in total. The topological polar surface area (TPSA) is 12.9 Å². The van der Waals surface area contributed by atoms with Crippen LogP contribution in [0.5, 0.6) is 0 Å². The van der Waals surface area contributed by atoms with Gasteiger partial charge in [-0.05, 0) is 67.6 Å². The third kappa shape index (κ3) is 3.37. The summed E-state index contributed by atoms with van der Waals surface area (Å²) in [6.07, 6.45) is 1.90. The minimum absolute atomic E-state index is 1.04. The van der Waals surface area contributed by atoms with Gasteiger partial charge in [0.2, 0.25) is 0 Å². The Kier molecular flexibility index (Phi) is 4.85. The summed E-state index contributed by atoms with van der Waals surface area (Å²) in [5.74, 6) is 0. The van der Waals surface area contributed by atoms with E-state index in [1.54, 1.807) is 0 Å². The summed E-state index contributed by atoms with van der Waals surface area (Å²) < 4.78 is 0. The summed E-state index contributed by atoms with van der Waals surface area (Å²) in [5.41, 5.74) is 8.35. The van der Waals surface area contributed by atoms with E-state index >= 15 is 0 Å². The third-order valence-electron chi connectivity index (χ3n) is 7.08. The Hall–Kier alpha value is -4.75. The Labute approximate surface area is 210 Å². The van der Waals surface area contributed by atoms with Crippen LogP contribution in [-0.4, -0.2) is 4.98 Å². The molecule has 36 heavy (non-hydrogen) atoms. The van der Waals surface area contributed by atoms with E-state index in [1.165, 1.54) is 60.3 Å². The van der Waals surface area contributed by atoms with E-state index in [-0.39, 0.29) is 0 Å². The summed E-state index contributed by atoms with van der Waals surface area (Å²) >= 11 is 0. The summed E-state index contributed by atoms with van der Waals surface area (Å²) in [5, 5.41) is 6.13. The van der Waals surface area contributed by atoms with Gasteiger partial charge in [0.1, 0.15) is 0 Å². The molecule has 0 atom stereocenters. The predicted molar refractivity (Wildman–Crippen MR) is 153 cm³/mol. The molecule has 1 aromatic heterocycles. The van der Waals surface area contributed by atoms with Crippen LogP contribution < -0.4 is 0 Å². The van der Waals surface area contributed by atoms with Crippen LogP contribution in [0.25, 0.3) is 65.8 Å². The first-order valence-corrected chi connectivity index (χ1v) is 12.3. The lowest BCUT2D eigenvalue weighted by atomic mass is 9.87. The van der Waals surface area contributed by atoms with E-state index in [1.807, 2.05) is 12.3 Å². The van der Waals surface area contributed by atoms with Crippen molar-refractivity contribution >= 4 is 32.4 Å². The molecular weight excluding hydrogens is 434 g/mol. The van der Waals surface area contributed by atoms with Gasteiger partial charge in [-0.1, -0.05) is 115 Å². The molecule has 0 amide bonds. The highest BCUT2D eigenvalue weighted by Gasteiger charge is 2.17. The third-order valence-corrected chi connectivity index (χ3v) is 7.08. The zero-order valence-corrected chi connectivity index (χ0v) is 19.7. The van der Waals surface area contributed by atoms with E-state index in [4.69, 9.17) is 4.98 Å². The largest absolute Gasteiger partial charge is 0.256 e. The van der Waals surface area contributed by atoms with Crippen molar-refractivity contribution in [2.75, 3.05) is 0 Å². The molecule has 1 heterocycles. The van der Waals surface area contributed by atoms with Gasteiger partial charge in [0.15, 0.2) is 0 Å². The molecule has 6 aromatic carbocycles. The Morgan fingerprint density at radius 2 is 0.917 bits per heavy atom. The van der Waals surface area contributed by atoms with Gasteiger partial charge in [0.05, 0.1) is 5.52 Å². The number of pyridine rings is 1. The molecule has 0 aliphatic carbocycles. The average molecular weight is 458 g/mol. The van der Waals surface area contributed by atoms with Crippen LogP contribution in [0.3, 0.4) is 0 Å². The normalized spacial score (nSPS) is 11.3. The van der Waals surface area contributed by atoms with Crippen molar-refractivity contribution in [3.63, 3.8) is 0 Å². The van der Waals surface area contributed by atoms with Gasteiger partial charge in [0.25, 0.3) is 0 Å². The highest BCUT2D eigenvalue weighted by molar-refractivity contribution is 6.20. The second kappa shape index (κ2) is 8.48. The van der Waals surface area contributed by atoms with Crippen molar-refractivity contribution in [2.24, 2.45) is 0 Å². The second-order valence-corrected chi connectivity index (χ2v) is 9.20. The first-order chi connectivity index (χ1) is 17.9. The lowest BCUT2D eigenvalue weighted by Gasteiger charge is -2.17. The summed E-state index contributed by atoms with van der Waals surface area (Å²) in [4.78, 5) is 4.90. The Morgan fingerprint density at radius 1 is 0.361 bits per heavy atom. The molecule has 0 spiro atoms. The molecule has 0 fully saturated rings. The number of aromatic nitrogens is 1. The SMILES string of the molecule is c1ccc(-c2ccc3cc(-c4c5ccccc5c(-c5ccccc5)c5ncccc45)ccc3c2)cc1. The fourth-order valence-corrected chi connectivity index (χ4v) is 5.42. The first-order valence-electron chi connectivity index (χ1n) is 12.3. The molecule has 0 radical (unpaired) electrons. The van der Waals surface area contributed by atoms with E-state index in [9.17, 15) is 0 Å². The van der Waals surface area contributed by atoms with Gasteiger partial charge in [-0.2, -0.15) is 0 Å². The van der Waals surface area contributed by atoms with Crippen LogP contribution >= 0.6 is 0 Å². The summed E-state index contributed by atoms with van der Waals surface area (Å²) in [7, 11) is 0. The molecule has 0 unspecified atom stereocenters. The standard InChI is InChI=1S/C35H23N/c1-3-10-24(11-4-1)26-17-18-28-23-29(20-19-27(28)22-26)33-30-14-7-8-15-31(30)34(25-12-5-2-6-13-25)35-32(33)16-9-21-36-35/h1-23H. The quantitative estimate of drug-likeness (QED) is 0.241. The maximum absolute atomic E-state index is 4.90. The molecule has 7 rings (SSSR count). The zero-order valence-electron chi connectivity index (χ0n) is 19.7. The molecular formula is C35H23N. The van der Waals surface area contributed by atoms with Crippen LogP contribution in [0.15, 0.2) is 140 Å². The van der Waals surface area contributed by atoms with E-state index in [0.717, 1.165) is 5.52 Å². The highest BCUT2D eigenvalue weighted by atomic mass is 14.7. The molecule has 0 saturated heterocycles. The van der Waals surface area contributed by atoms with Crippen LogP contribution in [0.1, 0.15) is 0 Å². The van der Waals surface area contributed by atoms with Crippen molar-refractivity contribution in [2.45, 2.75) is 0 Å². The Morgan fingerprint density at radius 3 is 1.64 bits per heavy atom. The molecule has 7 aromatic rings. The van der Waals surface area contributed by atoms with Gasteiger partial charge in [-0.3, -0.25) is 4.98 Å². The van der Waals surface area contributed by atoms with Gasteiger partial charge in [-0.15, -0.1) is 0 Å². The minimum atomic E-state index is 1.04. The van der Waals surface area contributed by atoms with E-state index in [0.29, 0.717) is 0 Å². The second-order valence-electron chi connectivity index (χ2n) is 9.20. The smallest absolute Gasteiger partial charge is 0.0792 e. The van der Waals surface area contributed by atoms with Crippen LogP contribution in [-0.2, 0) is 0 Å². The average Bonchev–Trinajstić information content (AvgIpc) is 2.96. The number of hydrogen-bond acceptors (Lipinski definition) is 1. The maximum Gasteiger partial charge on any atom is 0.0792 e. The van der Waals surface area contributed by atoms with Crippen LogP contribution in [0.2, 0.25) is 0 Å². The van der Waals surface area contributed by atoms with Gasteiger partial charge < -0.3 is 0 Å². The van der Waals surface area contributed by atoms with Crippen LogP contribution in [0.4, 0.5) is 0 Å². The highest BCUT2D eigenvalue weighted by Crippen LogP contribution is 2.43. The van der Waals surface area contributed by atoms with Crippen LogP contribution in [0, 0.1) is 0 Å². The van der Waals surface area contributed by atoms with E-state index in [2.05, 4.69) is 127 Å². The van der Waals surface area contributed by atoms with Gasteiger partial charge >= 0.3 is 0 Å². The lowest BCUT2D eigenvalue weighted by Crippen LogP contribution is -1.92. The Bertz CT molecular complexity index is 1810. The van der Waals surface area contributed by atoms with E-state index < -0.39 is 0 Å². The van der Waals surface area contributed by atoms with Crippen molar-refractivity contribution in [3.8, 4) is 33.4 Å². The number of rotatable bonds is 3. The summed E-state index contributed by atoms with van der Waals surface area (Å²) in [6.45, 7) is 0. The fraction of sp³-hybridized carbons (Fsp3) is 0. The predicted octanol–water partition coefficient (Wildman–Crippen LogP) is 9.54. The number of fused-ring (bicyclic) bond motifs is 3. The Balaban J connectivity index is 1.49. The number of benzene rings is 6. The monoisotopic (exact) mass is 457 g/mol. The van der Waals surface area contributed by atoms with Crippen molar-refractivity contribution in [3.05, 3.63) is 140 Å². The molecule has 0 aliphatic heterocycles. The zero-order chi connectivity index (χ0) is 23.9. The lowest BCUT2D eigenvalue weighted by molar-refractivity contribution is 1.42.